The second kappa shape index (κ2) is 5.84. The minimum Gasteiger partial charge on any atom is -0.489 e. The van der Waals surface area contributed by atoms with E-state index in [4.69, 9.17) is 4.74 Å². The van der Waals surface area contributed by atoms with E-state index < -0.39 is 0 Å². The zero-order valence-electron chi connectivity index (χ0n) is 12.1. The van der Waals surface area contributed by atoms with E-state index in [0.717, 1.165) is 38.0 Å². The Morgan fingerprint density at radius 2 is 2.20 bits per heavy atom. The number of rotatable bonds is 4. The van der Waals surface area contributed by atoms with Gasteiger partial charge in [-0.2, -0.15) is 0 Å². The molecule has 106 valence electrons. The summed E-state index contributed by atoms with van der Waals surface area (Å²) in [5.41, 5.74) is 1.46. The number of para-hydroxylation sites is 1. The number of ether oxygens (including phenoxy) is 1. The Morgan fingerprint density at radius 1 is 1.30 bits per heavy atom. The first kappa shape index (κ1) is 13.4. The van der Waals surface area contributed by atoms with Gasteiger partial charge in [0.15, 0.2) is 0 Å². The number of hydrogen-bond donors (Lipinski definition) is 1. The molecule has 3 rings (SSSR count). The average Bonchev–Trinajstić information content (AvgIpc) is 2.54. The zero-order chi connectivity index (χ0) is 13.8. The third kappa shape index (κ3) is 2.80. The second-order valence-corrected chi connectivity index (χ2v) is 5.77. The van der Waals surface area contributed by atoms with Crippen molar-refractivity contribution in [2.45, 2.75) is 44.2 Å². The standard InChI is InChI=1S/C18H23NO/c1-2-18(12-6-3-7-13-18)19-14-16-11-10-15-8-4-5-9-17(15)20-16/h3-9,12,16,19H,2,10-11,13-14H2,1H3/t16?,18-/m1/s1. The molecule has 20 heavy (non-hydrogen) atoms. The molecule has 1 unspecified atom stereocenters. The fourth-order valence-electron chi connectivity index (χ4n) is 3.02. The van der Waals surface area contributed by atoms with Gasteiger partial charge in [0.1, 0.15) is 11.9 Å². The number of hydrogen-bond acceptors (Lipinski definition) is 2. The van der Waals surface area contributed by atoms with E-state index in [-0.39, 0.29) is 11.6 Å². The SMILES string of the molecule is CC[C@@]1(NCC2CCc3ccccc3O2)C=CC=CC1. The molecule has 1 aliphatic heterocycles. The van der Waals surface area contributed by atoms with Crippen molar-refractivity contribution in [1.82, 2.24) is 5.32 Å². The monoisotopic (exact) mass is 269 g/mol. The molecule has 1 aromatic carbocycles. The van der Waals surface area contributed by atoms with Crippen molar-refractivity contribution in [1.29, 1.82) is 0 Å². The summed E-state index contributed by atoms with van der Waals surface area (Å²) in [6.07, 6.45) is 13.5. The topological polar surface area (TPSA) is 21.3 Å². The number of aryl methyl sites for hydroxylation is 1. The highest BCUT2D eigenvalue weighted by Crippen LogP contribution is 2.28. The lowest BCUT2D eigenvalue weighted by atomic mass is 9.88. The lowest BCUT2D eigenvalue weighted by molar-refractivity contribution is 0.159. The quantitative estimate of drug-likeness (QED) is 0.901. The van der Waals surface area contributed by atoms with Gasteiger partial charge in [0.2, 0.25) is 0 Å². The summed E-state index contributed by atoms with van der Waals surface area (Å²) in [5.74, 6) is 1.06. The summed E-state index contributed by atoms with van der Waals surface area (Å²) in [7, 11) is 0. The van der Waals surface area contributed by atoms with Crippen molar-refractivity contribution >= 4 is 0 Å². The van der Waals surface area contributed by atoms with Crippen LogP contribution < -0.4 is 10.1 Å². The molecule has 0 spiro atoms. The van der Waals surface area contributed by atoms with Crippen molar-refractivity contribution in [3.8, 4) is 5.75 Å². The fourth-order valence-corrected chi connectivity index (χ4v) is 3.02. The number of nitrogens with one attached hydrogen (secondary N) is 1. The van der Waals surface area contributed by atoms with E-state index in [2.05, 4.69) is 60.8 Å². The van der Waals surface area contributed by atoms with E-state index in [1.54, 1.807) is 0 Å². The van der Waals surface area contributed by atoms with Crippen molar-refractivity contribution in [2.75, 3.05) is 6.54 Å². The molecular weight excluding hydrogens is 246 g/mol. The molecule has 1 heterocycles. The Kier molecular flexibility index (Phi) is 3.93. The van der Waals surface area contributed by atoms with Crippen LogP contribution in [0.4, 0.5) is 0 Å². The molecule has 2 atom stereocenters. The van der Waals surface area contributed by atoms with Crippen LogP contribution >= 0.6 is 0 Å². The van der Waals surface area contributed by atoms with Gasteiger partial charge in [0, 0.05) is 12.1 Å². The maximum absolute atomic E-state index is 6.11. The van der Waals surface area contributed by atoms with Crippen LogP contribution in [-0.4, -0.2) is 18.2 Å². The Hall–Kier alpha value is -1.54. The predicted molar refractivity (Wildman–Crippen MR) is 83.1 cm³/mol. The summed E-state index contributed by atoms with van der Waals surface area (Å²) in [4.78, 5) is 0. The largest absolute Gasteiger partial charge is 0.489 e. The number of benzene rings is 1. The molecule has 2 aliphatic rings. The second-order valence-electron chi connectivity index (χ2n) is 5.77. The molecule has 0 saturated heterocycles. The van der Waals surface area contributed by atoms with Crippen molar-refractivity contribution in [2.24, 2.45) is 0 Å². The normalized spacial score (nSPS) is 27.9. The van der Waals surface area contributed by atoms with Crippen LogP contribution in [0, 0.1) is 0 Å². The zero-order valence-corrected chi connectivity index (χ0v) is 12.1. The first-order valence-electron chi connectivity index (χ1n) is 7.65. The highest BCUT2D eigenvalue weighted by Gasteiger charge is 2.27. The fraction of sp³-hybridized carbons (Fsp3) is 0.444. The molecule has 2 nitrogen and oxygen atoms in total. The lowest BCUT2D eigenvalue weighted by Crippen LogP contribution is -2.48. The summed E-state index contributed by atoms with van der Waals surface area (Å²) in [6.45, 7) is 3.16. The van der Waals surface area contributed by atoms with E-state index in [0.29, 0.717) is 0 Å². The third-order valence-electron chi connectivity index (χ3n) is 4.46. The van der Waals surface area contributed by atoms with Gasteiger partial charge in [-0.25, -0.2) is 0 Å². The van der Waals surface area contributed by atoms with E-state index in [1.807, 2.05) is 0 Å². The Morgan fingerprint density at radius 3 is 3.00 bits per heavy atom. The lowest BCUT2D eigenvalue weighted by Gasteiger charge is -2.34. The number of allylic oxidation sites excluding steroid dienone is 2. The molecule has 0 aromatic heterocycles. The summed E-state index contributed by atoms with van der Waals surface area (Å²) in [5, 5.41) is 3.72. The molecule has 0 radical (unpaired) electrons. The summed E-state index contributed by atoms with van der Waals surface area (Å²) in [6, 6.07) is 8.39. The van der Waals surface area contributed by atoms with Crippen LogP contribution in [0.15, 0.2) is 48.6 Å². The van der Waals surface area contributed by atoms with Gasteiger partial charge in [0.05, 0.1) is 0 Å². The van der Waals surface area contributed by atoms with Gasteiger partial charge in [0.25, 0.3) is 0 Å². The molecule has 1 aliphatic carbocycles. The van der Waals surface area contributed by atoms with Crippen LogP contribution in [0.1, 0.15) is 31.7 Å². The Bertz CT molecular complexity index is 520. The molecule has 0 saturated carbocycles. The van der Waals surface area contributed by atoms with E-state index >= 15 is 0 Å². The van der Waals surface area contributed by atoms with Gasteiger partial charge in [-0.1, -0.05) is 49.4 Å². The molecule has 2 heteroatoms. The molecular formula is C18H23NO. The van der Waals surface area contributed by atoms with Crippen molar-refractivity contribution in [3.05, 3.63) is 54.1 Å². The van der Waals surface area contributed by atoms with Gasteiger partial charge in [-0.05, 0) is 37.3 Å². The van der Waals surface area contributed by atoms with Crippen molar-refractivity contribution in [3.63, 3.8) is 0 Å². The summed E-state index contributed by atoms with van der Waals surface area (Å²) >= 11 is 0. The Labute approximate surface area is 121 Å². The average molecular weight is 269 g/mol. The van der Waals surface area contributed by atoms with Crippen LogP contribution in [0.5, 0.6) is 5.75 Å². The molecule has 0 bridgehead atoms. The van der Waals surface area contributed by atoms with E-state index in [1.165, 1.54) is 5.56 Å². The minimum absolute atomic E-state index is 0.120. The van der Waals surface area contributed by atoms with Crippen LogP contribution in [0.25, 0.3) is 0 Å². The van der Waals surface area contributed by atoms with Gasteiger partial charge >= 0.3 is 0 Å². The molecule has 1 N–H and O–H groups in total. The predicted octanol–water partition coefficient (Wildman–Crippen LogP) is 3.63. The van der Waals surface area contributed by atoms with Crippen LogP contribution in [-0.2, 0) is 6.42 Å². The molecule has 1 aromatic rings. The van der Waals surface area contributed by atoms with Gasteiger partial charge < -0.3 is 10.1 Å². The third-order valence-corrected chi connectivity index (χ3v) is 4.46. The highest BCUT2D eigenvalue weighted by atomic mass is 16.5. The minimum atomic E-state index is 0.120. The smallest absolute Gasteiger partial charge is 0.122 e. The molecule has 0 amide bonds. The maximum Gasteiger partial charge on any atom is 0.122 e. The number of fused-ring (bicyclic) bond motifs is 1. The first-order valence-corrected chi connectivity index (χ1v) is 7.65. The maximum atomic E-state index is 6.11. The van der Waals surface area contributed by atoms with Crippen LogP contribution in [0.3, 0.4) is 0 Å². The van der Waals surface area contributed by atoms with Crippen LogP contribution in [0.2, 0.25) is 0 Å². The summed E-state index contributed by atoms with van der Waals surface area (Å²) < 4.78 is 6.11. The Balaban J connectivity index is 1.60. The van der Waals surface area contributed by atoms with Crippen molar-refractivity contribution < 1.29 is 4.74 Å². The van der Waals surface area contributed by atoms with Gasteiger partial charge in [-0.15, -0.1) is 0 Å². The van der Waals surface area contributed by atoms with Gasteiger partial charge in [-0.3, -0.25) is 0 Å². The molecule has 0 fully saturated rings. The van der Waals surface area contributed by atoms with E-state index in [9.17, 15) is 0 Å². The first-order chi connectivity index (χ1) is 9.81. The highest BCUT2D eigenvalue weighted by molar-refractivity contribution is 5.35.